The smallest absolute Gasteiger partial charge is 0.323 e. The SMILES string of the molecule is CCOC(=O)C(N)Cc1ccc(N(C)C)s1. The molecule has 0 saturated heterocycles. The van der Waals surface area contributed by atoms with E-state index in [9.17, 15) is 4.79 Å². The van der Waals surface area contributed by atoms with Crippen molar-refractivity contribution in [1.29, 1.82) is 0 Å². The van der Waals surface area contributed by atoms with E-state index in [2.05, 4.69) is 0 Å². The summed E-state index contributed by atoms with van der Waals surface area (Å²) in [4.78, 5) is 14.5. The molecule has 0 spiro atoms. The van der Waals surface area contributed by atoms with Crippen LogP contribution in [0.4, 0.5) is 5.00 Å². The maximum absolute atomic E-state index is 11.3. The number of carbonyl (C=O) groups excluding carboxylic acids is 1. The third kappa shape index (κ3) is 3.50. The molecule has 0 aliphatic rings. The number of nitrogens with zero attached hydrogens (tertiary/aromatic N) is 1. The highest BCUT2D eigenvalue weighted by Crippen LogP contribution is 2.24. The number of thiophene rings is 1. The molecule has 16 heavy (non-hydrogen) atoms. The Morgan fingerprint density at radius 2 is 2.25 bits per heavy atom. The molecule has 0 bridgehead atoms. The first kappa shape index (κ1) is 13.0. The molecule has 1 unspecified atom stereocenters. The van der Waals surface area contributed by atoms with E-state index in [4.69, 9.17) is 10.5 Å². The third-order valence-corrected chi connectivity index (χ3v) is 3.37. The Morgan fingerprint density at radius 3 is 2.75 bits per heavy atom. The summed E-state index contributed by atoms with van der Waals surface area (Å²) in [5.74, 6) is -0.331. The summed E-state index contributed by atoms with van der Waals surface area (Å²) >= 11 is 1.64. The van der Waals surface area contributed by atoms with Crippen molar-refractivity contribution in [2.75, 3.05) is 25.6 Å². The van der Waals surface area contributed by atoms with E-state index in [-0.39, 0.29) is 5.97 Å². The van der Waals surface area contributed by atoms with Gasteiger partial charge in [-0.15, -0.1) is 11.3 Å². The second kappa shape index (κ2) is 5.86. The van der Waals surface area contributed by atoms with Gasteiger partial charge in [-0.2, -0.15) is 0 Å². The van der Waals surface area contributed by atoms with Crippen molar-refractivity contribution in [3.8, 4) is 0 Å². The summed E-state index contributed by atoms with van der Waals surface area (Å²) in [6, 6.07) is 3.46. The second-order valence-corrected chi connectivity index (χ2v) is 4.84. The zero-order chi connectivity index (χ0) is 12.1. The van der Waals surface area contributed by atoms with Crippen molar-refractivity contribution >= 4 is 22.3 Å². The van der Waals surface area contributed by atoms with E-state index in [0.717, 1.165) is 9.88 Å². The molecule has 0 radical (unpaired) electrons. The number of anilines is 1. The Kier molecular flexibility index (Phi) is 4.76. The highest BCUT2D eigenvalue weighted by molar-refractivity contribution is 7.16. The highest BCUT2D eigenvalue weighted by atomic mass is 32.1. The summed E-state index contributed by atoms with van der Waals surface area (Å²) in [5, 5.41) is 1.16. The largest absolute Gasteiger partial charge is 0.465 e. The quantitative estimate of drug-likeness (QED) is 0.789. The molecule has 0 aliphatic heterocycles. The standard InChI is InChI=1S/C11H18N2O2S/c1-4-15-11(14)9(12)7-8-5-6-10(16-8)13(2)3/h5-6,9H,4,7,12H2,1-3H3. The van der Waals surface area contributed by atoms with Gasteiger partial charge in [0.2, 0.25) is 0 Å². The molecule has 0 aromatic carbocycles. The molecule has 4 nitrogen and oxygen atoms in total. The summed E-state index contributed by atoms with van der Waals surface area (Å²) in [6.45, 7) is 2.15. The van der Waals surface area contributed by atoms with Crippen LogP contribution in [0.5, 0.6) is 0 Å². The van der Waals surface area contributed by atoms with Crippen molar-refractivity contribution < 1.29 is 9.53 Å². The summed E-state index contributed by atoms with van der Waals surface area (Å²) in [5.41, 5.74) is 5.74. The summed E-state index contributed by atoms with van der Waals surface area (Å²) in [7, 11) is 3.97. The molecule has 0 aliphatic carbocycles. The molecule has 0 fully saturated rings. The van der Waals surface area contributed by atoms with Gasteiger partial charge < -0.3 is 15.4 Å². The monoisotopic (exact) mass is 242 g/mol. The summed E-state index contributed by atoms with van der Waals surface area (Å²) < 4.78 is 4.86. The third-order valence-electron chi connectivity index (χ3n) is 2.10. The molecular weight excluding hydrogens is 224 g/mol. The minimum atomic E-state index is -0.561. The Bertz CT molecular complexity index is 350. The Morgan fingerprint density at radius 1 is 1.56 bits per heavy atom. The van der Waals surface area contributed by atoms with E-state index in [1.165, 1.54) is 0 Å². The molecule has 1 aromatic rings. The van der Waals surface area contributed by atoms with Gasteiger partial charge in [-0.05, 0) is 19.1 Å². The van der Waals surface area contributed by atoms with Crippen LogP contribution >= 0.6 is 11.3 Å². The Balaban J connectivity index is 2.55. The number of hydrogen-bond donors (Lipinski definition) is 1. The summed E-state index contributed by atoms with van der Waals surface area (Å²) in [6.07, 6.45) is 0.539. The van der Waals surface area contributed by atoms with Crippen LogP contribution in [0.25, 0.3) is 0 Å². The predicted octanol–water partition coefficient (Wildman–Crippen LogP) is 1.25. The van der Waals surface area contributed by atoms with Crippen molar-refractivity contribution in [2.45, 2.75) is 19.4 Å². The zero-order valence-electron chi connectivity index (χ0n) is 9.90. The van der Waals surface area contributed by atoms with Crippen LogP contribution in [0.1, 0.15) is 11.8 Å². The first-order valence-corrected chi connectivity index (χ1v) is 6.04. The molecule has 1 heterocycles. The molecular formula is C11H18N2O2S. The number of ether oxygens (including phenoxy) is 1. The van der Waals surface area contributed by atoms with E-state index < -0.39 is 6.04 Å². The predicted molar refractivity (Wildman–Crippen MR) is 67.0 cm³/mol. The van der Waals surface area contributed by atoms with Crippen molar-refractivity contribution in [3.05, 3.63) is 17.0 Å². The van der Waals surface area contributed by atoms with E-state index in [1.807, 2.05) is 31.1 Å². The Labute approximate surface area is 100 Å². The van der Waals surface area contributed by atoms with Gasteiger partial charge in [0, 0.05) is 25.4 Å². The maximum Gasteiger partial charge on any atom is 0.323 e. The average Bonchev–Trinajstić information content (AvgIpc) is 2.66. The van der Waals surface area contributed by atoms with Gasteiger partial charge >= 0.3 is 5.97 Å². The number of esters is 1. The van der Waals surface area contributed by atoms with Gasteiger partial charge in [0.1, 0.15) is 6.04 Å². The molecule has 5 heteroatoms. The van der Waals surface area contributed by atoms with Crippen LogP contribution in [-0.4, -0.2) is 32.7 Å². The van der Waals surface area contributed by atoms with Crippen molar-refractivity contribution in [2.24, 2.45) is 5.73 Å². The maximum atomic E-state index is 11.3. The fourth-order valence-corrected chi connectivity index (χ4v) is 2.25. The van der Waals surface area contributed by atoms with Crippen LogP contribution in [-0.2, 0) is 16.0 Å². The molecule has 2 N–H and O–H groups in total. The highest BCUT2D eigenvalue weighted by Gasteiger charge is 2.16. The average molecular weight is 242 g/mol. The number of nitrogens with two attached hydrogens (primary N) is 1. The first-order valence-electron chi connectivity index (χ1n) is 5.22. The van der Waals surface area contributed by atoms with Gasteiger partial charge in [0.05, 0.1) is 11.6 Å². The van der Waals surface area contributed by atoms with E-state index >= 15 is 0 Å². The minimum absolute atomic E-state index is 0.331. The van der Waals surface area contributed by atoms with Crippen molar-refractivity contribution in [1.82, 2.24) is 0 Å². The fourth-order valence-electron chi connectivity index (χ4n) is 1.27. The van der Waals surface area contributed by atoms with Crippen LogP contribution in [0.3, 0.4) is 0 Å². The molecule has 1 rings (SSSR count). The van der Waals surface area contributed by atoms with Crippen LogP contribution in [0.15, 0.2) is 12.1 Å². The number of carbonyl (C=O) groups is 1. The molecule has 0 amide bonds. The van der Waals surface area contributed by atoms with Crippen LogP contribution in [0, 0.1) is 0 Å². The first-order chi connectivity index (χ1) is 7.54. The van der Waals surface area contributed by atoms with Gasteiger partial charge in [-0.3, -0.25) is 4.79 Å². The van der Waals surface area contributed by atoms with E-state index in [0.29, 0.717) is 13.0 Å². The second-order valence-electron chi connectivity index (χ2n) is 3.70. The number of hydrogen-bond acceptors (Lipinski definition) is 5. The zero-order valence-corrected chi connectivity index (χ0v) is 10.7. The van der Waals surface area contributed by atoms with Crippen LogP contribution in [0.2, 0.25) is 0 Å². The Hall–Kier alpha value is -1.07. The van der Waals surface area contributed by atoms with Crippen molar-refractivity contribution in [3.63, 3.8) is 0 Å². The van der Waals surface area contributed by atoms with Gasteiger partial charge in [-0.25, -0.2) is 0 Å². The van der Waals surface area contributed by atoms with Gasteiger partial charge in [0.15, 0.2) is 0 Å². The van der Waals surface area contributed by atoms with E-state index in [1.54, 1.807) is 18.3 Å². The number of rotatable bonds is 5. The lowest BCUT2D eigenvalue weighted by atomic mass is 10.2. The molecule has 90 valence electrons. The van der Waals surface area contributed by atoms with Gasteiger partial charge in [0.25, 0.3) is 0 Å². The topological polar surface area (TPSA) is 55.6 Å². The minimum Gasteiger partial charge on any atom is -0.465 e. The lowest BCUT2D eigenvalue weighted by Crippen LogP contribution is -2.34. The fraction of sp³-hybridized carbons (Fsp3) is 0.545. The molecule has 0 saturated carbocycles. The van der Waals surface area contributed by atoms with Gasteiger partial charge in [-0.1, -0.05) is 0 Å². The lowest BCUT2D eigenvalue weighted by molar-refractivity contribution is -0.144. The normalized spacial score (nSPS) is 12.2. The lowest BCUT2D eigenvalue weighted by Gasteiger charge is -2.09. The van der Waals surface area contributed by atoms with Crippen LogP contribution < -0.4 is 10.6 Å². The molecule has 1 atom stereocenters. The molecule has 1 aromatic heterocycles.